The van der Waals surface area contributed by atoms with E-state index in [0.717, 1.165) is 17.9 Å². The summed E-state index contributed by atoms with van der Waals surface area (Å²) in [4.78, 5) is 47.6. The van der Waals surface area contributed by atoms with Crippen LogP contribution in [-0.4, -0.2) is 58.9 Å². The van der Waals surface area contributed by atoms with Gasteiger partial charge in [-0.05, 0) is 25.8 Å². The molecule has 2 saturated heterocycles. The molecule has 0 unspecified atom stereocenters. The molecule has 4 amide bonds. The minimum absolute atomic E-state index is 0. The third kappa shape index (κ3) is 4.15. The summed E-state index contributed by atoms with van der Waals surface area (Å²) in [5.74, 6) is -2.25. The zero-order valence-corrected chi connectivity index (χ0v) is 12.6. The Kier molecular flexibility index (Phi) is 6.72. The second-order valence-electron chi connectivity index (χ2n) is 5.10. The van der Waals surface area contributed by atoms with Crippen LogP contribution in [0.25, 0.3) is 0 Å². The lowest BCUT2D eigenvalue weighted by molar-refractivity contribution is -0.154. The van der Waals surface area contributed by atoms with Crippen LogP contribution >= 0.6 is 12.4 Å². The smallest absolute Gasteiger partial charge is 0.263 e. The van der Waals surface area contributed by atoms with Gasteiger partial charge in [0.25, 0.3) is 11.8 Å². The standard InChI is InChI=1S/C12H18N4O5.ClH/c17-9(15-21)6-16-10(18)4-3-8(12(16)20)14-11(19)7-2-1-5-13-7;/h7-8,13,21H,1-6H2,(H,14,19)(H,15,17);1H/t7-,8-;/m0./s1. The van der Waals surface area contributed by atoms with Gasteiger partial charge in [-0.25, -0.2) is 5.48 Å². The van der Waals surface area contributed by atoms with Gasteiger partial charge in [0, 0.05) is 6.42 Å². The number of hydrogen-bond donors (Lipinski definition) is 4. The highest BCUT2D eigenvalue weighted by Gasteiger charge is 2.37. The number of imide groups is 1. The third-order valence-electron chi connectivity index (χ3n) is 3.63. The first-order chi connectivity index (χ1) is 10.0. The van der Waals surface area contributed by atoms with Crippen LogP contribution < -0.4 is 16.1 Å². The Morgan fingerprint density at radius 3 is 2.64 bits per heavy atom. The third-order valence-corrected chi connectivity index (χ3v) is 3.63. The number of carbonyl (C=O) groups is 4. The summed E-state index contributed by atoms with van der Waals surface area (Å²) in [7, 11) is 0. The van der Waals surface area contributed by atoms with E-state index in [2.05, 4.69) is 10.6 Å². The Balaban J connectivity index is 0.00000242. The number of amides is 4. The molecule has 0 saturated carbocycles. The van der Waals surface area contributed by atoms with Crippen molar-refractivity contribution in [3.8, 4) is 0 Å². The van der Waals surface area contributed by atoms with Gasteiger partial charge < -0.3 is 10.6 Å². The van der Waals surface area contributed by atoms with Crippen molar-refractivity contribution >= 4 is 36.0 Å². The summed E-state index contributed by atoms with van der Waals surface area (Å²) >= 11 is 0. The van der Waals surface area contributed by atoms with Gasteiger partial charge in [0.05, 0.1) is 6.04 Å². The number of rotatable bonds is 4. The quantitative estimate of drug-likeness (QED) is 0.276. The van der Waals surface area contributed by atoms with Crippen molar-refractivity contribution in [2.24, 2.45) is 0 Å². The molecule has 0 spiro atoms. The van der Waals surface area contributed by atoms with E-state index in [0.29, 0.717) is 6.42 Å². The van der Waals surface area contributed by atoms with Crippen molar-refractivity contribution in [1.29, 1.82) is 0 Å². The summed E-state index contributed by atoms with van der Waals surface area (Å²) in [5, 5.41) is 14.1. The lowest BCUT2D eigenvalue weighted by Gasteiger charge is -2.30. The monoisotopic (exact) mass is 334 g/mol. The van der Waals surface area contributed by atoms with Crippen LogP contribution in [0.15, 0.2) is 0 Å². The fourth-order valence-corrected chi connectivity index (χ4v) is 2.50. The number of nitrogens with zero attached hydrogens (tertiary/aromatic N) is 1. The predicted octanol–water partition coefficient (Wildman–Crippen LogP) is -1.70. The normalized spacial score (nSPS) is 24.7. The summed E-state index contributed by atoms with van der Waals surface area (Å²) in [6, 6.07) is -1.13. The first kappa shape index (κ1) is 18.3. The Labute approximate surface area is 133 Å². The lowest BCUT2D eigenvalue weighted by atomic mass is 10.0. The SMILES string of the molecule is Cl.O=C(CN1C(=O)CC[C@H](NC(=O)[C@@H]2CCCN2)C1=O)NO. The largest absolute Gasteiger partial charge is 0.343 e. The van der Waals surface area contributed by atoms with Crippen LogP contribution in [0.5, 0.6) is 0 Å². The van der Waals surface area contributed by atoms with Gasteiger partial charge in [0.15, 0.2) is 0 Å². The molecule has 10 heteroatoms. The van der Waals surface area contributed by atoms with Crippen molar-refractivity contribution < 1.29 is 24.4 Å². The van der Waals surface area contributed by atoms with Crippen molar-refractivity contribution in [2.75, 3.05) is 13.1 Å². The maximum atomic E-state index is 12.1. The van der Waals surface area contributed by atoms with Crippen LogP contribution in [0, 0.1) is 0 Å². The minimum Gasteiger partial charge on any atom is -0.343 e. The molecule has 0 aromatic heterocycles. The average molecular weight is 335 g/mol. The molecule has 9 nitrogen and oxygen atoms in total. The van der Waals surface area contributed by atoms with Crippen LogP contribution in [0.2, 0.25) is 0 Å². The zero-order valence-electron chi connectivity index (χ0n) is 11.8. The van der Waals surface area contributed by atoms with Crippen LogP contribution in [0.3, 0.4) is 0 Å². The molecule has 22 heavy (non-hydrogen) atoms. The number of hydroxylamine groups is 1. The lowest BCUT2D eigenvalue weighted by Crippen LogP contribution is -2.58. The van der Waals surface area contributed by atoms with E-state index >= 15 is 0 Å². The molecule has 2 fully saturated rings. The highest BCUT2D eigenvalue weighted by Crippen LogP contribution is 2.14. The number of piperidine rings is 1. The van der Waals surface area contributed by atoms with Crippen LogP contribution in [0.1, 0.15) is 25.7 Å². The van der Waals surface area contributed by atoms with E-state index in [1.54, 1.807) is 0 Å². The Hall–Kier alpha value is -1.71. The highest BCUT2D eigenvalue weighted by molar-refractivity contribution is 6.04. The second kappa shape index (κ2) is 8.06. The van der Waals surface area contributed by atoms with Gasteiger partial charge in [-0.1, -0.05) is 0 Å². The molecular formula is C12H19ClN4O5. The summed E-state index contributed by atoms with van der Waals surface area (Å²) in [5.41, 5.74) is 1.37. The molecule has 0 aromatic rings. The van der Waals surface area contributed by atoms with E-state index in [1.807, 2.05) is 0 Å². The van der Waals surface area contributed by atoms with Gasteiger partial charge in [-0.3, -0.25) is 29.3 Å². The topological polar surface area (TPSA) is 128 Å². The molecule has 2 heterocycles. The van der Waals surface area contributed by atoms with Gasteiger partial charge in [0.1, 0.15) is 12.6 Å². The van der Waals surface area contributed by atoms with E-state index < -0.39 is 30.3 Å². The zero-order chi connectivity index (χ0) is 15.4. The Morgan fingerprint density at radius 1 is 1.32 bits per heavy atom. The second-order valence-corrected chi connectivity index (χ2v) is 5.10. The fraction of sp³-hybridized carbons (Fsp3) is 0.667. The highest BCUT2D eigenvalue weighted by atomic mass is 35.5. The van der Waals surface area contributed by atoms with Crippen molar-refractivity contribution in [3.63, 3.8) is 0 Å². The summed E-state index contributed by atoms with van der Waals surface area (Å²) < 4.78 is 0. The van der Waals surface area contributed by atoms with Crippen molar-refractivity contribution in [2.45, 2.75) is 37.8 Å². The van der Waals surface area contributed by atoms with Gasteiger partial charge in [0.2, 0.25) is 11.8 Å². The number of nitrogens with one attached hydrogen (secondary N) is 3. The van der Waals surface area contributed by atoms with Gasteiger partial charge in [-0.2, -0.15) is 0 Å². The maximum absolute atomic E-state index is 12.1. The molecule has 0 radical (unpaired) electrons. The van der Waals surface area contributed by atoms with E-state index in [-0.39, 0.29) is 37.2 Å². The molecular weight excluding hydrogens is 316 g/mol. The molecule has 2 rings (SSSR count). The van der Waals surface area contributed by atoms with E-state index in [4.69, 9.17) is 5.21 Å². The maximum Gasteiger partial charge on any atom is 0.263 e. The molecule has 124 valence electrons. The average Bonchev–Trinajstić information content (AvgIpc) is 3.00. The van der Waals surface area contributed by atoms with E-state index in [9.17, 15) is 19.2 Å². The molecule has 2 atom stereocenters. The Morgan fingerprint density at radius 2 is 2.05 bits per heavy atom. The number of halogens is 1. The minimum atomic E-state index is -0.860. The molecule has 4 N–H and O–H groups in total. The molecule has 0 aliphatic carbocycles. The van der Waals surface area contributed by atoms with E-state index in [1.165, 1.54) is 5.48 Å². The summed E-state index contributed by atoms with van der Waals surface area (Å²) in [6.45, 7) is 0.209. The molecule has 2 aliphatic rings. The number of carbonyl (C=O) groups excluding carboxylic acids is 4. The molecule has 0 aromatic carbocycles. The van der Waals surface area contributed by atoms with Gasteiger partial charge in [-0.15, -0.1) is 12.4 Å². The number of hydrogen-bond acceptors (Lipinski definition) is 6. The van der Waals surface area contributed by atoms with Crippen molar-refractivity contribution in [3.05, 3.63) is 0 Å². The van der Waals surface area contributed by atoms with Crippen LogP contribution in [-0.2, 0) is 19.2 Å². The molecule has 2 aliphatic heterocycles. The number of likely N-dealkylation sites (tertiary alicyclic amines) is 1. The van der Waals surface area contributed by atoms with Crippen LogP contribution in [0.4, 0.5) is 0 Å². The first-order valence-corrected chi connectivity index (χ1v) is 6.84. The molecule has 0 bridgehead atoms. The van der Waals surface area contributed by atoms with Gasteiger partial charge >= 0.3 is 0 Å². The first-order valence-electron chi connectivity index (χ1n) is 6.84. The fourth-order valence-electron chi connectivity index (χ4n) is 2.50. The van der Waals surface area contributed by atoms with Crippen molar-refractivity contribution in [1.82, 2.24) is 21.0 Å². The Bertz CT molecular complexity index is 466. The summed E-state index contributed by atoms with van der Waals surface area (Å²) in [6.07, 6.45) is 1.89. The predicted molar refractivity (Wildman–Crippen MR) is 76.1 cm³/mol.